The number of aromatic hydroxyl groups is 1. The van der Waals surface area contributed by atoms with Gasteiger partial charge in [0, 0.05) is 18.9 Å². The second kappa shape index (κ2) is 7.85. The van der Waals surface area contributed by atoms with Crippen LogP contribution in [-0.4, -0.2) is 33.2 Å². The Morgan fingerprint density at radius 1 is 1.17 bits per heavy atom. The summed E-state index contributed by atoms with van der Waals surface area (Å²) in [5.74, 6) is 0.636. The quantitative estimate of drug-likeness (QED) is 0.429. The smallest absolute Gasteiger partial charge is 0.278 e. The molecule has 0 saturated heterocycles. The first-order valence-corrected chi connectivity index (χ1v) is 8.74. The summed E-state index contributed by atoms with van der Waals surface area (Å²) >= 11 is 0. The van der Waals surface area contributed by atoms with E-state index < -0.39 is 0 Å². The predicted molar refractivity (Wildman–Crippen MR) is 105 cm³/mol. The molecule has 0 aliphatic carbocycles. The number of benzene rings is 1. The minimum atomic E-state index is -0.273. The van der Waals surface area contributed by atoms with E-state index in [1.165, 1.54) is 6.26 Å². The molecule has 3 aromatic heterocycles. The fraction of sp³-hybridized carbons (Fsp3) is 0.100. The molecule has 0 bridgehead atoms. The number of ether oxygens (including phenoxy) is 1. The maximum Gasteiger partial charge on any atom is 0.278 e. The normalized spacial score (nSPS) is 10.7. The average molecular weight is 391 g/mol. The fourth-order valence-corrected chi connectivity index (χ4v) is 2.69. The molecule has 0 unspecified atom stereocenters. The largest absolute Gasteiger partial charge is 0.508 e. The van der Waals surface area contributed by atoms with Gasteiger partial charge in [0.05, 0.1) is 11.6 Å². The highest BCUT2D eigenvalue weighted by Gasteiger charge is 2.14. The third-order valence-corrected chi connectivity index (χ3v) is 4.15. The van der Waals surface area contributed by atoms with Crippen molar-refractivity contribution in [1.29, 1.82) is 0 Å². The van der Waals surface area contributed by atoms with E-state index in [9.17, 15) is 9.90 Å². The number of hydrogen-bond donors (Lipinski definition) is 3. The van der Waals surface area contributed by atoms with Gasteiger partial charge >= 0.3 is 0 Å². The standard InChI is InChI=1S/C20H17N5O4/c1-21-19(27)16-10-12(6-8-22-16)11-29-20-17-15(7-9-28-17)18(24-25-20)23-13-2-4-14(26)5-3-13/h2-10,26H,11H2,1H3,(H,21,27)(H,23,24). The van der Waals surface area contributed by atoms with Crippen molar-refractivity contribution in [2.24, 2.45) is 0 Å². The minimum Gasteiger partial charge on any atom is -0.508 e. The maximum absolute atomic E-state index is 11.7. The molecule has 0 fully saturated rings. The van der Waals surface area contributed by atoms with Crippen molar-refractivity contribution >= 4 is 28.4 Å². The van der Waals surface area contributed by atoms with E-state index in [1.54, 1.807) is 55.7 Å². The minimum absolute atomic E-state index is 0.168. The number of phenolic OH excluding ortho intramolecular Hbond substituents is 1. The SMILES string of the molecule is CNC(=O)c1cc(COc2nnc(Nc3ccc(O)cc3)c3ccoc23)ccn1. The molecule has 1 aromatic carbocycles. The van der Waals surface area contributed by atoms with Gasteiger partial charge in [0.2, 0.25) is 5.58 Å². The summed E-state index contributed by atoms with van der Waals surface area (Å²) in [5.41, 5.74) is 2.25. The Bertz CT molecular complexity index is 1160. The Balaban J connectivity index is 1.54. The zero-order valence-corrected chi connectivity index (χ0v) is 15.4. The lowest BCUT2D eigenvalue weighted by Crippen LogP contribution is -2.19. The van der Waals surface area contributed by atoms with Crippen LogP contribution >= 0.6 is 0 Å². The molecule has 3 heterocycles. The van der Waals surface area contributed by atoms with Crippen LogP contribution in [0.3, 0.4) is 0 Å². The summed E-state index contributed by atoms with van der Waals surface area (Å²) in [6.07, 6.45) is 3.07. The highest BCUT2D eigenvalue weighted by atomic mass is 16.5. The molecule has 0 saturated carbocycles. The van der Waals surface area contributed by atoms with E-state index in [4.69, 9.17) is 9.15 Å². The van der Waals surface area contributed by atoms with E-state index in [-0.39, 0.29) is 24.1 Å². The third kappa shape index (κ3) is 3.93. The van der Waals surface area contributed by atoms with E-state index in [0.717, 1.165) is 11.3 Å². The van der Waals surface area contributed by atoms with Crippen LogP contribution in [0.25, 0.3) is 11.0 Å². The van der Waals surface area contributed by atoms with Gasteiger partial charge in [0.1, 0.15) is 18.1 Å². The van der Waals surface area contributed by atoms with Crippen molar-refractivity contribution in [3.8, 4) is 11.6 Å². The number of amides is 1. The molecule has 4 rings (SSSR count). The van der Waals surface area contributed by atoms with Gasteiger partial charge in [-0.25, -0.2) is 0 Å². The van der Waals surface area contributed by atoms with Gasteiger partial charge in [-0.15, -0.1) is 10.2 Å². The lowest BCUT2D eigenvalue weighted by Gasteiger charge is -2.09. The van der Waals surface area contributed by atoms with Crippen LogP contribution in [-0.2, 0) is 6.61 Å². The average Bonchev–Trinajstić information content (AvgIpc) is 3.25. The van der Waals surface area contributed by atoms with Gasteiger partial charge < -0.3 is 24.9 Å². The van der Waals surface area contributed by atoms with E-state index in [1.807, 2.05) is 0 Å². The van der Waals surface area contributed by atoms with Crippen molar-refractivity contribution in [2.75, 3.05) is 12.4 Å². The molecule has 146 valence electrons. The first-order chi connectivity index (χ1) is 14.1. The van der Waals surface area contributed by atoms with Gasteiger partial charge in [-0.2, -0.15) is 0 Å². The molecular formula is C20H17N5O4. The fourth-order valence-electron chi connectivity index (χ4n) is 2.69. The first kappa shape index (κ1) is 18.2. The van der Waals surface area contributed by atoms with Crippen molar-refractivity contribution in [3.63, 3.8) is 0 Å². The second-order valence-corrected chi connectivity index (χ2v) is 6.11. The molecule has 3 N–H and O–H groups in total. The number of anilines is 2. The number of nitrogens with one attached hydrogen (secondary N) is 2. The van der Waals surface area contributed by atoms with Gasteiger partial charge in [0.25, 0.3) is 11.8 Å². The Hall–Kier alpha value is -4.14. The van der Waals surface area contributed by atoms with Gasteiger partial charge in [-0.1, -0.05) is 0 Å². The topological polar surface area (TPSA) is 122 Å². The van der Waals surface area contributed by atoms with Gasteiger partial charge in [-0.3, -0.25) is 9.78 Å². The van der Waals surface area contributed by atoms with E-state index in [0.29, 0.717) is 22.5 Å². The zero-order chi connectivity index (χ0) is 20.2. The van der Waals surface area contributed by atoms with Crippen LogP contribution < -0.4 is 15.4 Å². The number of fused-ring (bicyclic) bond motifs is 1. The molecule has 0 aliphatic rings. The summed E-state index contributed by atoms with van der Waals surface area (Å²) in [5, 5.41) is 24.1. The third-order valence-electron chi connectivity index (χ3n) is 4.15. The number of rotatable bonds is 6. The summed E-state index contributed by atoms with van der Waals surface area (Å²) < 4.78 is 11.3. The molecule has 1 amide bonds. The number of pyridine rings is 1. The zero-order valence-electron chi connectivity index (χ0n) is 15.4. The number of nitrogens with zero attached hydrogens (tertiary/aromatic N) is 3. The number of hydrogen-bond acceptors (Lipinski definition) is 8. The van der Waals surface area contributed by atoms with Gasteiger partial charge in [-0.05, 0) is 48.0 Å². The van der Waals surface area contributed by atoms with Crippen LogP contribution in [0.5, 0.6) is 11.6 Å². The van der Waals surface area contributed by atoms with Crippen LogP contribution in [0.2, 0.25) is 0 Å². The summed E-state index contributed by atoms with van der Waals surface area (Å²) in [6.45, 7) is 0.168. The van der Waals surface area contributed by atoms with Crippen molar-refractivity contribution in [1.82, 2.24) is 20.5 Å². The van der Waals surface area contributed by atoms with Crippen molar-refractivity contribution in [3.05, 3.63) is 66.2 Å². The van der Waals surface area contributed by atoms with Crippen LogP contribution in [0, 0.1) is 0 Å². The lowest BCUT2D eigenvalue weighted by atomic mass is 10.2. The molecule has 9 nitrogen and oxygen atoms in total. The molecule has 4 aromatic rings. The number of carbonyl (C=O) groups excluding carboxylic acids is 1. The Morgan fingerprint density at radius 3 is 2.79 bits per heavy atom. The molecule has 0 radical (unpaired) electrons. The molecule has 0 spiro atoms. The second-order valence-electron chi connectivity index (χ2n) is 6.11. The Morgan fingerprint density at radius 2 is 2.00 bits per heavy atom. The van der Waals surface area contributed by atoms with Crippen LogP contribution in [0.4, 0.5) is 11.5 Å². The molecular weight excluding hydrogens is 374 g/mol. The maximum atomic E-state index is 11.7. The number of phenols is 1. The van der Waals surface area contributed by atoms with Gasteiger partial charge in [0.15, 0.2) is 5.82 Å². The van der Waals surface area contributed by atoms with E-state index in [2.05, 4.69) is 25.8 Å². The summed E-state index contributed by atoms with van der Waals surface area (Å²) in [6, 6.07) is 11.7. The molecule has 29 heavy (non-hydrogen) atoms. The number of aromatic nitrogens is 3. The van der Waals surface area contributed by atoms with Crippen LogP contribution in [0.15, 0.2) is 59.3 Å². The monoisotopic (exact) mass is 391 g/mol. The van der Waals surface area contributed by atoms with Crippen LogP contribution in [0.1, 0.15) is 16.1 Å². The van der Waals surface area contributed by atoms with E-state index >= 15 is 0 Å². The number of furan rings is 1. The molecule has 0 aliphatic heterocycles. The first-order valence-electron chi connectivity index (χ1n) is 8.74. The summed E-state index contributed by atoms with van der Waals surface area (Å²) in [4.78, 5) is 15.7. The molecule has 0 atom stereocenters. The summed E-state index contributed by atoms with van der Waals surface area (Å²) in [7, 11) is 1.55. The highest BCUT2D eigenvalue weighted by molar-refractivity contribution is 5.92. The predicted octanol–water partition coefficient (Wildman–Crippen LogP) is 3.01. The van der Waals surface area contributed by atoms with Crippen molar-refractivity contribution < 1.29 is 19.1 Å². The van der Waals surface area contributed by atoms with Crippen molar-refractivity contribution in [2.45, 2.75) is 6.61 Å². The molecule has 9 heteroatoms. The number of carbonyl (C=O) groups is 1. The highest BCUT2D eigenvalue weighted by Crippen LogP contribution is 2.31. The Kier molecular flexibility index (Phi) is 4.93. The Labute approximate surface area is 165 Å². The lowest BCUT2D eigenvalue weighted by molar-refractivity contribution is 0.0958.